The Morgan fingerprint density at radius 1 is 1.04 bits per heavy atom. The molecule has 0 aromatic rings. The van der Waals surface area contributed by atoms with Gasteiger partial charge in [-0.3, -0.25) is 4.90 Å². The number of alkyl carbamates (subject to hydrolysis) is 1. The van der Waals surface area contributed by atoms with Crippen molar-refractivity contribution in [3.05, 3.63) is 0 Å². The molecule has 0 bridgehead atoms. The van der Waals surface area contributed by atoms with Gasteiger partial charge in [-0.05, 0) is 54.4 Å². The highest BCUT2D eigenvalue weighted by molar-refractivity contribution is 5.80. The first-order valence-electron chi connectivity index (χ1n) is 8.00. The average Bonchev–Trinajstić information content (AvgIpc) is 2.33. The third-order valence-corrected chi connectivity index (χ3v) is 3.24. The number of carboxylic acids is 1. The first-order chi connectivity index (χ1) is 10.8. The summed E-state index contributed by atoms with van der Waals surface area (Å²) >= 11 is 0. The topological polar surface area (TPSA) is 105 Å². The number of hydrogen-bond donors (Lipinski definition) is 2. The fraction of sp³-hybridized carbons (Fsp3) is 0.812. The van der Waals surface area contributed by atoms with E-state index in [1.165, 1.54) is 4.90 Å². The van der Waals surface area contributed by atoms with Gasteiger partial charge in [0.1, 0.15) is 17.2 Å². The normalized spacial score (nSPS) is 21.8. The van der Waals surface area contributed by atoms with Crippen molar-refractivity contribution >= 4 is 18.2 Å². The lowest BCUT2D eigenvalue weighted by Gasteiger charge is -2.38. The lowest BCUT2D eigenvalue weighted by Crippen LogP contribution is -2.56. The largest absolute Gasteiger partial charge is 0.480 e. The van der Waals surface area contributed by atoms with E-state index >= 15 is 0 Å². The Labute approximate surface area is 142 Å². The first-order valence-corrected chi connectivity index (χ1v) is 8.00. The molecular weight excluding hydrogens is 316 g/mol. The van der Waals surface area contributed by atoms with Gasteiger partial charge in [-0.2, -0.15) is 0 Å². The molecule has 1 aliphatic rings. The number of aliphatic carboxylic acids is 1. The summed E-state index contributed by atoms with van der Waals surface area (Å²) in [6.07, 6.45) is -0.719. The quantitative estimate of drug-likeness (QED) is 0.797. The number of piperidine rings is 1. The molecule has 1 rings (SSSR count). The number of nitrogens with one attached hydrogen (secondary N) is 1. The Morgan fingerprint density at radius 3 is 2.04 bits per heavy atom. The molecule has 0 aromatic heterocycles. The van der Waals surface area contributed by atoms with Crippen LogP contribution in [0.5, 0.6) is 0 Å². The molecule has 8 heteroatoms. The van der Waals surface area contributed by atoms with Crippen LogP contribution in [-0.2, 0) is 14.3 Å². The highest BCUT2D eigenvalue weighted by Crippen LogP contribution is 2.21. The number of amides is 2. The Kier molecular flexibility index (Phi) is 6.08. The van der Waals surface area contributed by atoms with Crippen LogP contribution in [-0.4, -0.2) is 58.0 Å². The molecule has 1 fully saturated rings. The number of carbonyl (C=O) groups excluding carboxylic acids is 2. The van der Waals surface area contributed by atoms with Crippen molar-refractivity contribution in [2.45, 2.75) is 77.7 Å². The number of ether oxygens (including phenoxy) is 2. The van der Waals surface area contributed by atoms with Crippen LogP contribution < -0.4 is 5.32 Å². The van der Waals surface area contributed by atoms with Crippen LogP contribution in [0.2, 0.25) is 0 Å². The molecule has 138 valence electrons. The molecule has 24 heavy (non-hydrogen) atoms. The second-order valence-corrected chi connectivity index (χ2v) is 7.90. The van der Waals surface area contributed by atoms with Crippen molar-refractivity contribution in [3.8, 4) is 0 Å². The minimum absolute atomic E-state index is 0.105. The maximum Gasteiger partial charge on any atom is 0.411 e. The lowest BCUT2D eigenvalue weighted by molar-refractivity contribution is -0.144. The molecular formula is C16H28N2O6. The standard InChI is InChI=1S/C16H28N2O6/c1-15(2,3)23-13(21)17-10-7-8-18(11(9-10)12(19)20)14(22)24-16(4,5)6/h10-11H,7-9H2,1-6H3,(H,17,21)(H,19,20)/t10-,11-/m1/s1. The van der Waals surface area contributed by atoms with Gasteiger partial charge in [0.25, 0.3) is 0 Å². The van der Waals surface area contributed by atoms with E-state index in [2.05, 4.69) is 5.32 Å². The Balaban J connectivity index is 2.70. The van der Waals surface area contributed by atoms with Gasteiger partial charge in [0, 0.05) is 12.6 Å². The maximum atomic E-state index is 12.2. The summed E-state index contributed by atoms with van der Waals surface area (Å²) in [7, 11) is 0. The SMILES string of the molecule is CC(C)(C)OC(=O)N[C@@H]1CCN(C(=O)OC(C)(C)C)[C@@H](C(=O)O)C1. The Hall–Kier alpha value is -1.99. The molecule has 2 amide bonds. The monoisotopic (exact) mass is 344 g/mol. The summed E-state index contributed by atoms with van der Waals surface area (Å²) in [4.78, 5) is 36.7. The number of nitrogens with zero attached hydrogens (tertiary/aromatic N) is 1. The smallest absolute Gasteiger partial charge is 0.411 e. The molecule has 2 N–H and O–H groups in total. The molecule has 0 spiro atoms. The van der Waals surface area contributed by atoms with E-state index in [0.717, 1.165) is 0 Å². The van der Waals surface area contributed by atoms with E-state index in [-0.39, 0.29) is 19.0 Å². The molecule has 1 heterocycles. The van der Waals surface area contributed by atoms with Gasteiger partial charge in [0.15, 0.2) is 0 Å². The first kappa shape index (κ1) is 20.1. The van der Waals surface area contributed by atoms with Crippen LogP contribution in [0.3, 0.4) is 0 Å². The summed E-state index contributed by atoms with van der Waals surface area (Å²) < 4.78 is 10.4. The minimum atomic E-state index is -1.13. The minimum Gasteiger partial charge on any atom is -0.480 e. The van der Waals surface area contributed by atoms with Gasteiger partial charge in [0.05, 0.1) is 0 Å². The number of carbonyl (C=O) groups is 3. The molecule has 0 saturated carbocycles. The van der Waals surface area contributed by atoms with E-state index < -0.39 is 35.4 Å². The van der Waals surface area contributed by atoms with Crippen molar-refractivity contribution in [1.82, 2.24) is 10.2 Å². The number of carboxylic acid groups (broad SMARTS) is 1. The van der Waals surface area contributed by atoms with Crippen molar-refractivity contribution in [3.63, 3.8) is 0 Å². The second-order valence-electron chi connectivity index (χ2n) is 7.90. The summed E-state index contributed by atoms with van der Waals surface area (Å²) in [5.41, 5.74) is -1.33. The molecule has 1 aliphatic heterocycles. The van der Waals surface area contributed by atoms with Gasteiger partial charge < -0.3 is 19.9 Å². The van der Waals surface area contributed by atoms with Gasteiger partial charge >= 0.3 is 18.2 Å². The van der Waals surface area contributed by atoms with Crippen LogP contribution in [0.25, 0.3) is 0 Å². The summed E-state index contributed by atoms with van der Waals surface area (Å²) in [5.74, 6) is -1.13. The molecule has 8 nitrogen and oxygen atoms in total. The third-order valence-electron chi connectivity index (χ3n) is 3.24. The third kappa shape index (κ3) is 6.64. The van der Waals surface area contributed by atoms with Crippen molar-refractivity contribution in [1.29, 1.82) is 0 Å². The van der Waals surface area contributed by atoms with Crippen LogP contribution in [0, 0.1) is 0 Å². The van der Waals surface area contributed by atoms with Gasteiger partial charge in [0.2, 0.25) is 0 Å². The summed E-state index contributed by atoms with van der Waals surface area (Å²) in [5, 5.41) is 12.1. The number of hydrogen-bond acceptors (Lipinski definition) is 5. The Bertz CT molecular complexity index is 492. The van der Waals surface area contributed by atoms with Crippen molar-refractivity contribution < 1.29 is 29.0 Å². The second kappa shape index (κ2) is 7.27. The molecule has 2 atom stereocenters. The van der Waals surface area contributed by atoms with E-state index in [1.54, 1.807) is 41.5 Å². The molecule has 0 aromatic carbocycles. The van der Waals surface area contributed by atoms with Crippen molar-refractivity contribution in [2.75, 3.05) is 6.54 Å². The molecule has 0 aliphatic carbocycles. The van der Waals surface area contributed by atoms with Gasteiger partial charge in [-0.1, -0.05) is 0 Å². The fourth-order valence-electron chi connectivity index (χ4n) is 2.34. The van der Waals surface area contributed by atoms with Crippen molar-refractivity contribution in [2.24, 2.45) is 0 Å². The molecule has 0 radical (unpaired) electrons. The highest BCUT2D eigenvalue weighted by Gasteiger charge is 2.39. The number of likely N-dealkylation sites (tertiary alicyclic amines) is 1. The van der Waals surface area contributed by atoms with E-state index in [0.29, 0.717) is 6.42 Å². The van der Waals surface area contributed by atoms with E-state index in [9.17, 15) is 19.5 Å². The highest BCUT2D eigenvalue weighted by atomic mass is 16.6. The number of rotatable bonds is 2. The maximum absolute atomic E-state index is 12.2. The summed E-state index contributed by atoms with van der Waals surface area (Å²) in [6, 6.07) is -1.42. The fourth-order valence-corrected chi connectivity index (χ4v) is 2.34. The van der Waals surface area contributed by atoms with Crippen LogP contribution in [0.1, 0.15) is 54.4 Å². The Morgan fingerprint density at radius 2 is 1.58 bits per heavy atom. The van der Waals surface area contributed by atoms with E-state index in [4.69, 9.17) is 9.47 Å². The zero-order valence-electron chi connectivity index (χ0n) is 15.2. The van der Waals surface area contributed by atoms with Crippen LogP contribution in [0.4, 0.5) is 9.59 Å². The zero-order chi connectivity index (χ0) is 18.7. The van der Waals surface area contributed by atoms with Gasteiger partial charge in [-0.15, -0.1) is 0 Å². The average molecular weight is 344 g/mol. The predicted octanol–water partition coefficient (Wildman–Crippen LogP) is 2.36. The van der Waals surface area contributed by atoms with Crippen LogP contribution in [0.15, 0.2) is 0 Å². The predicted molar refractivity (Wildman–Crippen MR) is 86.8 cm³/mol. The molecule has 0 unspecified atom stereocenters. The lowest BCUT2D eigenvalue weighted by atomic mass is 9.97. The van der Waals surface area contributed by atoms with Gasteiger partial charge in [-0.25, -0.2) is 14.4 Å². The molecule has 1 saturated heterocycles. The summed E-state index contributed by atoms with van der Waals surface area (Å²) in [6.45, 7) is 10.6. The zero-order valence-corrected chi connectivity index (χ0v) is 15.2. The van der Waals surface area contributed by atoms with Crippen LogP contribution >= 0.6 is 0 Å². The van der Waals surface area contributed by atoms with E-state index in [1.807, 2.05) is 0 Å².